The number of hydrogen-bond acceptors (Lipinski definition) is 6. The topological polar surface area (TPSA) is 78.9 Å². The molecule has 2 rings (SSSR count). The van der Waals surface area contributed by atoms with Gasteiger partial charge in [-0.1, -0.05) is 131 Å². The molecule has 0 saturated carbocycles. The molecule has 6 heteroatoms. The molecule has 2 aromatic rings. The Kier molecular flexibility index (Phi) is 21.7. The van der Waals surface area contributed by atoms with Crippen LogP contribution in [0.15, 0.2) is 72.8 Å². The van der Waals surface area contributed by atoms with Crippen molar-refractivity contribution in [2.45, 2.75) is 129 Å². The third kappa shape index (κ3) is 21.0. The summed E-state index contributed by atoms with van der Waals surface area (Å²) in [4.78, 5) is 37.3. The number of esters is 3. The number of ether oxygens (including phenoxy) is 3. The maximum atomic E-state index is 12.5. The first-order valence-corrected chi connectivity index (χ1v) is 17.3. The Hall–Kier alpha value is -3.41. The van der Waals surface area contributed by atoms with Crippen molar-refractivity contribution in [2.24, 2.45) is 0 Å². The second-order valence-corrected chi connectivity index (χ2v) is 11.8. The van der Waals surface area contributed by atoms with Crippen molar-refractivity contribution >= 4 is 17.9 Å². The van der Waals surface area contributed by atoms with Crippen molar-refractivity contribution in [3.63, 3.8) is 0 Å². The largest absolute Gasteiger partial charge is 0.462 e. The van der Waals surface area contributed by atoms with Crippen LogP contribution in [0, 0.1) is 0 Å². The zero-order chi connectivity index (χ0) is 32.2. The van der Waals surface area contributed by atoms with Crippen LogP contribution in [0.25, 0.3) is 0 Å². The Labute approximate surface area is 271 Å². The van der Waals surface area contributed by atoms with Gasteiger partial charge in [-0.3, -0.25) is 14.4 Å². The number of rotatable bonds is 26. The Balaban J connectivity index is 1.62. The van der Waals surface area contributed by atoms with E-state index < -0.39 is 12.1 Å². The number of unbranched alkanes of at least 4 members (excludes halogenated alkanes) is 11. The average Bonchev–Trinajstić information content (AvgIpc) is 3.06. The molecule has 0 spiro atoms. The fourth-order valence-electron chi connectivity index (χ4n) is 5.00. The molecule has 248 valence electrons. The Bertz CT molecular complexity index is 1070. The quantitative estimate of drug-likeness (QED) is 0.0451. The number of allylic oxidation sites excluding steroid dienone is 2. The van der Waals surface area contributed by atoms with E-state index in [0.29, 0.717) is 19.3 Å². The molecule has 0 radical (unpaired) electrons. The highest BCUT2D eigenvalue weighted by Crippen LogP contribution is 2.12. The fraction of sp³-hybridized carbons (Fsp3) is 0.564. The summed E-state index contributed by atoms with van der Waals surface area (Å²) < 4.78 is 16.4. The minimum atomic E-state index is -0.841. The van der Waals surface area contributed by atoms with E-state index in [1.54, 1.807) is 0 Å². The maximum Gasteiger partial charge on any atom is 0.306 e. The third-order valence-electron chi connectivity index (χ3n) is 7.72. The summed E-state index contributed by atoms with van der Waals surface area (Å²) in [6, 6.07) is 19.4. The summed E-state index contributed by atoms with van der Waals surface area (Å²) in [5.41, 5.74) is 2.08. The normalized spacial score (nSPS) is 11.8. The summed E-state index contributed by atoms with van der Waals surface area (Å²) in [7, 11) is 0. The third-order valence-corrected chi connectivity index (χ3v) is 7.72. The molecule has 0 aliphatic carbocycles. The SMILES string of the molecule is CCCCCCCC/C=C\CCCCCCCC(=O)OCC(COC(=O)CCc1ccccc1)OC(=O)CCc1ccccc1. The number of hydrogen-bond donors (Lipinski definition) is 0. The second kappa shape index (κ2) is 25.9. The molecule has 6 nitrogen and oxygen atoms in total. The monoisotopic (exact) mass is 620 g/mol. The van der Waals surface area contributed by atoms with E-state index in [1.807, 2.05) is 60.7 Å². The molecule has 1 unspecified atom stereocenters. The maximum absolute atomic E-state index is 12.5. The van der Waals surface area contributed by atoms with Gasteiger partial charge in [-0.15, -0.1) is 0 Å². The summed E-state index contributed by atoms with van der Waals surface area (Å²) in [6.07, 6.45) is 21.2. The highest BCUT2D eigenvalue weighted by Gasteiger charge is 2.19. The van der Waals surface area contributed by atoms with Crippen molar-refractivity contribution in [1.82, 2.24) is 0 Å². The summed E-state index contributed by atoms with van der Waals surface area (Å²) >= 11 is 0. The first-order valence-electron chi connectivity index (χ1n) is 17.3. The van der Waals surface area contributed by atoms with Crippen LogP contribution in [0.1, 0.15) is 121 Å². The minimum Gasteiger partial charge on any atom is -0.462 e. The lowest BCUT2D eigenvalue weighted by Gasteiger charge is -2.18. The molecular weight excluding hydrogens is 564 g/mol. The molecule has 0 bridgehead atoms. The van der Waals surface area contributed by atoms with Crippen LogP contribution in [-0.4, -0.2) is 37.2 Å². The second-order valence-electron chi connectivity index (χ2n) is 11.8. The average molecular weight is 621 g/mol. The van der Waals surface area contributed by atoms with E-state index in [-0.39, 0.29) is 38.0 Å². The molecule has 0 aromatic heterocycles. The Morgan fingerprint density at radius 3 is 1.53 bits per heavy atom. The number of carbonyl (C=O) groups excluding carboxylic acids is 3. The van der Waals surface area contributed by atoms with Gasteiger partial charge in [0.25, 0.3) is 0 Å². The van der Waals surface area contributed by atoms with Crippen LogP contribution in [0.4, 0.5) is 0 Å². The minimum absolute atomic E-state index is 0.132. The van der Waals surface area contributed by atoms with E-state index in [9.17, 15) is 14.4 Å². The smallest absolute Gasteiger partial charge is 0.306 e. The van der Waals surface area contributed by atoms with Gasteiger partial charge in [0.05, 0.1) is 0 Å². The zero-order valence-corrected chi connectivity index (χ0v) is 27.6. The van der Waals surface area contributed by atoms with Crippen LogP contribution >= 0.6 is 0 Å². The molecule has 0 heterocycles. The number of benzene rings is 2. The van der Waals surface area contributed by atoms with Gasteiger partial charge in [-0.2, -0.15) is 0 Å². The van der Waals surface area contributed by atoms with Gasteiger partial charge in [-0.25, -0.2) is 0 Å². The first kappa shape index (κ1) is 37.8. The van der Waals surface area contributed by atoms with Gasteiger partial charge in [0.1, 0.15) is 13.2 Å². The van der Waals surface area contributed by atoms with E-state index >= 15 is 0 Å². The zero-order valence-electron chi connectivity index (χ0n) is 27.6. The van der Waals surface area contributed by atoms with E-state index in [0.717, 1.165) is 43.2 Å². The molecule has 0 fully saturated rings. The molecule has 2 aromatic carbocycles. The molecule has 0 aliphatic rings. The predicted octanol–water partition coefficient (Wildman–Crippen LogP) is 9.29. The van der Waals surface area contributed by atoms with Gasteiger partial charge >= 0.3 is 17.9 Å². The molecule has 0 saturated heterocycles. The van der Waals surface area contributed by atoms with Crippen LogP contribution in [0.3, 0.4) is 0 Å². The molecule has 45 heavy (non-hydrogen) atoms. The van der Waals surface area contributed by atoms with Crippen molar-refractivity contribution in [1.29, 1.82) is 0 Å². The van der Waals surface area contributed by atoms with Gasteiger partial charge in [0.15, 0.2) is 6.10 Å². The standard InChI is InChI=1S/C39H56O6/c1-2-3-4-5-6-7-8-9-10-11-12-13-14-15-22-27-37(40)43-32-36(45-39(42)31-29-35-25-20-17-21-26-35)33-44-38(41)30-28-34-23-18-16-19-24-34/h9-10,16-21,23-26,36H,2-8,11-15,22,27-33H2,1H3/b10-9-. The van der Waals surface area contributed by atoms with Gasteiger partial charge in [0.2, 0.25) is 0 Å². The lowest BCUT2D eigenvalue weighted by atomic mass is 10.1. The van der Waals surface area contributed by atoms with Crippen LogP contribution < -0.4 is 0 Å². The molecular formula is C39H56O6. The predicted molar refractivity (Wildman–Crippen MR) is 181 cm³/mol. The van der Waals surface area contributed by atoms with Crippen molar-refractivity contribution in [2.75, 3.05) is 13.2 Å². The fourth-order valence-corrected chi connectivity index (χ4v) is 5.00. The van der Waals surface area contributed by atoms with Crippen molar-refractivity contribution < 1.29 is 28.6 Å². The van der Waals surface area contributed by atoms with Crippen molar-refractivity contribution in [3.05, 3.63) is 83.9 Å². The summed E-state index contributed by atoms with van der Waals surface area (Å²) in [5.74, 6) is -1.13. The van der Waals surface area contributed by atoms with Gasteiger partial charge in [0, 0.05) is 19.3 Å². The van der Waals surface area contributed by atoms with Crippen LogP contribution in [0.5, 0.6) is 0 Å². The molecule has 1 atom stereocenters. The molecule has 0 aliphatic heterocycles. The van der Waals surface area contributed by atoms with Gasteiger partial charge < -0.3 is 14.2 Å². The Morgan fingerprint density at radius 1 is 0.556 bits per heavy atom. The van der Waals surface area contributed by atoms with Crippen LogP contribution in [-0.2, 0) is 41.4 Å². The van der Waals surface area contributed by atoms with Gasteiger partial charge in [-0.05, 0) is 56.1 Å². The van der Waals surface area contributed by atoms with Crippen LogP contribution in [0.2, 0.25) is 0 Å². The summed E-state index contributed by atoms with van der Waals surface area (Å²) in [5, 5.41) is 0. The highest BCUT2D eigenvalue weighted by atomic mass is 16.6. The first-order chi connectivity index (χ1) is 22.1. The lowest BCUT2D eigenvalue weighted by molar-refractivity contribution is -0.166. The van der Waals surface area contributed by atoms with Crippen molar-refractivity contribution in [3.8, 4) is 0 Å². The van der Waals surface area contributed by atoms with E-state index in [1.165, 1.54) is 51.4 Å². The number of carbonyl (C=O) groups is 3. The van der Waals surface area contributed by atoms with E-state index in [2.05, 4.69) is 19.1 Å². The molecule has 0 N–H and O–H groups in total. The molecule has 0 amide bonds. The van der Waals surface area contributed by atoms with E-state index in [4.69, 9.17) is 14.2 Å². The lowest BCUT2D eigenvalue weighted by Crippen LogP contribution is -2.31. The Morgan fingerprint density at radius 2 is 1.00 bits per heavy atom. The number of aryl methyl sites for hydroxylation is 2. The summed E-state index contributed by atoms with van der Waals surface area (Å²) in [6.45, 7) is 1.97. The highest BCUT2D eigenvalue weighted by molar-refractivity contribution is 5.71.